The SMILES string of the molecule is Cc1cccc(N(Cc2ccccc2)C(=O)CSc2ccc(S(=O)(=O)N3CCCC3)cn2)c1. The van der Waals surface area contributed by atoms with Gasteiger partial charge < -0.3 is 4.90 Å². The molecule has 0 aliphatic carbocycles. The number of aromatic nitrogens is 1. The zero-order chi connectivity index (χ0) is 23.3. The number of benzene rings is 2. The van der Waals surface area contributed by atoms with Crippen molar-refractivity contribution in [1.82, 2.24) is 9.29 Å². The predicted molar refractivity (Wildman–Crippen MR) is 132 cm³/mol. The molecule has 0 saturated carbocycles. The number of sulfonamides is 1. The first-order valence-corrected chi connectivity index (χ1v) is 13.4. The van der Waals surface area contributed by atoms with E-state index in [0.717, 1.165) is 29.7 Å². The lowest BCUT2D eigenvalue weighted by Crippen LogP contribution is -2.32. The number of hydrogen-bond donors (Lipinski definition) is 0. The Hall–Kier alpha value is -2.68. The molecule has 33 heavy (non-hydrogen) atoms. The lowest BCUT2D eigenvalue weighted by atomic mass is 10.1. The number of anilines is 1. The molecule has 0 atom stereocenters. The van der Waals surface area contributed by atoms with E-state index in [0.29, 0.717) is 24.7 Å². The highest BCUT2D eigenvalue weighted by Crippen LogP contribution is 2.25. The summed E-state index contributed by atoms with van der Waals surface area (Å²) in [6.45, 7) is 3.60. The molecule has 4 rings (SSSR count). The largest absolute Gasteiger partial charge is 0.307 e. The third-order valence-corrected chi connectivity index (χ3v) is 8.36. The average molecular weight is 482 g/mol. The van der Waals surface area contributed by atoms with Gasteiger partial charge in [-0.15, -0.1) is 0 Å². The summed E-state index contributed by atoms with van der Waals surface area (Å²) in [5.41, 5.74) is 2.99. The lowest BCUT2D eigenvalue weighted by Gasteiger charge is -2.23. The Kier molecular flexibility index (Phi) is 7.47. The maximum atomic E-state index is 13.2. The normalized spacial score (nSPS) is 14.3. The average Bonchev–Trinajstić information content (AvgIpc) is 3.38. The first kappa shape index (κ1) is 23.5. The second kappa shape index (κ2) is 10.5. The van der Waals surface area contributed by atoms with Gasteiger partial charge in [0.25, 0.3) is 0 Å². The third-order valence-electron chi connectivity index (χ3n) is 5.55. The van der Waals surface area contributed by atoms with Gasteiger partial charge >= 0.3 is 0 Å². The van der Waals surface area contributed by atoms with E-state index in [9.17, 15) is 13.2 Å². The number of carbonyl (C=O) groups is 1. The van der Waals surface area contributed by atoms with Gasteiger partial charge in [-0.25, -0.2) is 13.4 Å². The van der Waals surface area contributed by atoms with Crippen LogP contribution in [0.5, 0.6) is 0 Å². The van der Waals surface area contributed by atoms with Gasteiger partial charge in [0.2, 0.25) is 15.9 Å². The number of thioether (sulfide) groups is 1. The van der Waals surface area contributed by atoms with Gasteiger partial charge in [-0.05, 0) is 55.2 Å². The van der Waals surface area contributed by atoms with Crippen LogP contribution < -0.4 is 4.90 Å². The van der Waals surface area contributed by atoms with E-state index < -0.39 is 10.0 Å². The Morgan fingerprint density at radius 1 is 1.03 bits per heavy atom. The van der Waals surface area contributed by atoms with Crippen LogP contribution in [0.25, 0.3) is 0 Å². The quantitative estimate of drug-likeness (QED) is 0.443. The molecule has 1 aliphatic rings. The van der Waals surface area contributed by atoms with E-state index in [-0.39, 0.29) is 16.6 Å². The van der Waals surface area contributed by atoms with Crippen LogP contribution in [0.1, 0.15) is 24.0 Å². The summed E-state index contributed by atoms with van der Waals surface area (Å²) >= 11 is 1.31. The molecular formula is C25H27N3O3S2. The monoisotopic (exact) mass is 481 g/mol. The highest BCUT2D eigenvalue weighted by Gasteiger charge is 2.27. The van der Waals surface area contributed by atoms with Crippen LogP contribution in [0, 0.1) is 6.92 Å². The molecule has 2 aromatic carbocycles. The molecule has 172 valence electrons. The maximum absolute atomic E-state index is 13.2. The van der Waals surface area contributed by atoms with E-state index >= 15 is 0 Å². The zero-order valence-corrected chi connectivity index (χ0v) is 20.2. The van der Waals surface area contributed by atoms with Crippen molar-refractivity contribution in [2.24, 2.45) is 0 Å². The minimum Gasteiger partial charge on any atom is -0.307 e. The van der Waals surface area contributed by atoms with E-state index in [1.807, 2.05) is 61.5 Å². The summed E-state index contributed by atoms with van der Waals surface area (Å²) in [6.07, 6.45) is 3.18. The topological polar surface area (TPSA) is 70.6 Å². The number of hydrogen-bond acceptors (Lipinski definition) is 5. The highest BCUT2D eigenvalue weighted by molar-refractivity contribution is 7.99. The van der Waals surface area contributed by atoms with Crippen molar-refractivity contribution >= 4 is 33.4 Å². The zero-order valence-electron chi connectivity index (χ0n) is 18.6. The fraction of sp³-hybridized carbons (Fsp3) is 0.280. The van der Waals surface area contributed by atoms with Gasteiger partial charge in [-0.2, -0.15) is 4.31 Å². The molecule has 3 aromatic rings. The van der Waals surface area contributed by atoms with Crippen molar-refractivity contribution in [1.29, 1.82) is 0 Å². The summed E-state index contributed by atoms with van der Waals surface area (Å²) < 4.78 is 26.9. The molecule has 0 unspecified atom stereocenters. The molecular weight excluding hydrogens is 454 g/mol. The molecule has 0 spiro atoms. The van der Waals surface area contributed by atoms with E-state index in [1.165, 1.54) is 22.3 Å². The minimum absolute atomic E-state index is 0.0370. The molecule has 0 radical (unpaired) electrons. The molecule has 8 heteroatoms. The number of nitrogens with zero attached hydrogens (tertiary/aromatic N) is 3. The van der Waals surface area contributed by atoms with Crippen molar-refractivity contribution in [2.75, 3.05) is 23.7 Å². The number of amides is 1. The molecule has 1 amide bonds. The summed E-state index contributed by atoms with van der Waals surface area (Å²) in [4.78, 5) is 19.5. The Morgan fingerprint density at radius 2 is 1.79 bits per heavy atom. The van der Waals surface area contributed by atoms with Gasteiger partial charge in [0.15, 0.2) is 0 Å². The molecule has 1 saturated heterocycles. The van der Waals surface area contributed by atoms with Crippen LogP contribution in [0.4, 0.5) is 5.69 Å². The van der Waals surface area contributed by atoms with Gasteiger partial charge in [-0.3, -0.25) is 4.79 Å². The number of pyridine rings is 1. The maximum Gasteiger partial charge on any atom is 0.244 e. The Balaban J connectivity index is 1.45. The van der Waals surface area contributed by atoms with Crippen molar-refractivity contribution in [3.05, 3.63) is 84.1 Å². The van der Waals surface area contributed by atoms with Gasteiger partial charge in [0.05, 0.1) is 17.3 Å². The first-order chi connectivity index (χ1) is 15.9. The van der Waals surface area contributed by atoms with Crippen LogP contribution >= 0.6 is 11.8 Å². The summed E-state index contributed by atoms with van der Waals surface area (Å²) in [7, 11) is -3.49. The molecule has 2 heterocycles. The minimum atomic E-state index is -3.49. The third kappa shape index (κ3) is 5.82. The van der Waals surface area contributed by atoms with Crippen molar-refractivity contribution in [2.45, 2.75) is 36.2 Å². The second-order valence-corrected chi connectivity index (χ2v) is 11.0. The molecule has 1 aliphatic heterocycles. The summed E-state index contributed by atoms with van der Waals surface area (Å²) in [5.74, 6) is 0.163. The number of aryl methyl sites for hydroxylation is 1. The van der Waals surface area contributed by atoms with E-state index in [2.05, 4.69) is 4.98 Å². The summed E-state index contributed by atoms with van der Waals surface area (Å²) in [6, 6.07) is 21.0. The van der Waals surface area contributed by atoms with Crippen molar-refractivity contribution in [3.8, 4) is 0 Å². The Labute approximate surface area is 199 Å². The molecule has 0 N–H and O–H groups in total. The van der Waals surface area contributed by atoms with E-state index in [4.69, 9.17) is 0 Å². The van der Waals surface area contributed by atoms with Crippen molar-refractivity contribution in [3.63, 3.8) is 0 Å². The molecule has 1 fully saturated rings. The standard InChI is InChI=1S/C25H27N3O3S2/c1-20-8-7-11-22(16-20)28(18-21-9-3-2-4-10-21)25(29)19-32-24-13-12-23(17-26-24)33(30,31)27-14-5-6-15-27/h2-4,7-13,16-17H,5-6,14-15,18-19H2,1H3. The van der Waals surface area contributed by atoms with Gasteiger partial charge in [0, 0.05) is 25.0 Å². The Bertz CT molecular complexity index is 1190. The number of carbonyl (C=O) groups excluding carboxylic acids is 1. The second-order valence-electron chi connectivity index (χ2n) is 8.04. The first-order valence-electron chi connectivity index (χ1n) is 10.9. The fourth-order valence-corrected chi connectivity index (χ4v) is 5.96. The van der Waals surface area contributed by atoms with Crippen LogP contribution in [0.15, 0.2) is 82.8 Å². The number of rotatable bonds is 8. The van der Waals surface area contributed by atoms with E-state index in [1.54, 1.807) is 17.0 Å². The van der Waals surface area contributed by atoms with Gasteiger partial charge in [0.1, 0.15) is 4.90 Å². The fourth-order valence-electron chi connectivity index (χ4n) is 3.78. The van der Waals surface area contributed by atoms with Gasteiger partial charge in [-0.1, -0.05) is 54.2 Å². The predicted octanol–water partition coefficient (Wildman–Crippen LogP) is 4.50. The van der Waals surface area contributed by atoms with Crippen LogP contribution in [0.2, 0.25) is 0 Å². The molecule has 0 bridgehead atoms. The van der Waals surface area contributed by atoms with Crippen LogP contribution in [-0.2, 0) is 21.4 Å². The van der Waals surface area contributed by atoms with Crippen LogP contribution in [0.3, 0.4) is 0 Å². The molecule has 6 nitrogen and oxygen atoms in total. The lowest BCUT2D eigenvalue weighted by molar-refractivity contribution is -0.116. The van der Waals surface area contributed by atoms with Crippen molar-refractivity contribution < 1.29 is 13.2 Å². The Morgan fingerprint density at radius 3 is 2.45 bits per heavy atom. The smallest absolute Gasteiger partial charge is 0.244 e. The molecule has 1 aromatic heterocycles. The van der Waals surface area contributed by atoms with Crippen LogP contribution in [-0.4, -0.2) is 42.5 Å². The highest BCUT2D eigenvalue weighted by atomic mass is 32.2. The summed E-state index contributed by atoms with van der Waals surface area (Å²) in [5, 5.41) is 0.618.